The number of piperidine rings is 1. The monoisotopic (exact) mass is 493 g/mol. The summed E-state index contributed by atoms with van der Waals surface area (Å²) in [6, 6.07) is 1.23. The summed E-state index contributed by atoms with van der Waals surface area (Å²) in [4.78, 5) is 14.5. The Bertz CT molecular complexity index is 979. The lowest BCUT2D eigenvalue weighted by atomic mass is 10.1. The number of benzene rings is 1. The minimum atomic E-state index is -4.99. The zero-order valence-corrected chi connectivity index (χ0v) is 18.2. The Labute approximate surface area is 189 Å². The minimum Gasteiger partial charge on any atom is -0.341 e. The lowest BCUT2D eigenvalue weighted by Gasteiger charge is -2.27. The zero-order chi connectivity index (χ0) is 23.8. The van der Waals surface area contributed by atoms with E-state index in [1.165, 1.54) is 0 Å². The topological polar surface area (TPSA) is 63.1 Å². The highest BCUT2D eigenvalue weighted by Gasteiger charge is 2.37. The Hall–Kier alpha value is -2.44. The first-order valence-electron chi connectivity index (χ1n) is 10.4. The first-order valence-corrected chi connectivity index (χ1v) is 11.4. The highest BCUT2D eigenvalue weighted by atomic mass is 32.2. The number of carbonyl (C=O) groups excluding carboxylic acids is 1. The van der Waals surface area contributed by atoms with Gasteiger partial charge in [-0.05, 0) is 50.3 Å². The number of hydrogen-bond acceptors (Lipinski definition) is 5. The van der Waals surface area contributed by atoms with Crippen LogP contribution in [0.1, 0.15) is 49.3 Å². The molecule has 0 spiro atoms. The molecule has 13 heteroatoms. The van der Waals surface area contributed by atoms with Crippen LogP contribution in [0.2, 0.25) is 0 Å². The molecule has 33 heavy (non-hydrogen) atoms. The number of rotatable bonds is 6. The number of hydrogen-bond donors (Lipinski definition) is 1. The molecule has 6 nitrogen and oxygen atoms in total. The molecule has 2 aromatic rings. The molecule has 0 radical (unpaired) electrons. The van der Waals surface area contributed by atoms with Gasteiger partial charge in [-0.2, -0.15) is 26.3 Å². The molecular weight excluding hydrogens is 472 g/mol. The van der Waals surface area contributed by atoms with Crippen molar-refractivity contribution in [1.29, 1.82) is 0 Å². The smallest absolute Gasteiger partial charge is 0.341 e. The Kier molecular flexibility index (Phi) is 6.52. The van der Waals surface area contributed by atoms with Gasteiger partial charge in [-0.15, -0.1) is 10.2 Å². The van der Waals surface area contributed by atoms with Crippen LogP contribution in [0.25, 0.3) is 0 Å². The summed E-state index contributed by atoms with van der Waals surface area (Å²) in [5.41, 5.74) is -3.54. The van der Waals surface area contributed by atoms with E-state index in [0.717, 1.165) is 62.9 Å². The van der Waals surface area contributed by atoms with Crippen LogP contribution in [-0.4, -0.2) is 39.5 Å². The van der Waals surface area contributed by atoms with Crippen molar-refractivity contribution in [3.05, 3.63) is 29.3 Å². The fourth-order valence-electron chi connectivity index (χ4n) is 3.68. The fraction of sp³-hybridized carbons (Fsp3) is 0.550. The van der Waals surface area contributed by atoms with Gasteiger partial charge in [0, 0.05) is 24.8 Å². The van der Waals surface area contributed by atoms with Gasteiger partial charge < -0.3 is 10.2 Å². The Morgan fingerprint density at radius 3 is 2.12 bits per heavy atom. The molecule has 0 unspecified atom stereocenters. The van der Waals surface area contributed by atoms with Gasteiger partial charge >= 0.3 is 12.4 Å². The standard InChI is InChI=1S/C20H21F6N5OS/c21-19(22,23)12-8-13(20(24,25)26)10-14(9-12)27-16(32)11-33-18-29-28-17(31(18)15-4-5-15)30-6-2-1-3-7-30/h8-10,15H,1-7,11H2,(H,27,32). The summed E-state index contributed by atoms with van der Waals surface area (Å²) < 4.78 is 80.1. The van der Waals surface area contributed by atoms with Gasteiger partial charge in [-0.1, -0.05) is 11.8 Å². The van der Waals surface area contributed by atoms with Gasteiger partial charge in [0.05, 0.1) is 16.9 Å². The summed E-state index contributed by atoms with van der Waals surface area (Å²) in [5.74, 6) is -0.229. The highest BCUT2D eigenvalue weighted by molar-refractivity contribution is 7.99. The number of alkyl halides is 6. The van der Waals surface area contributed by atoms with E-state index in [1.54, 1.807) is 0 Å². The minimum absolute atomic E-state index is 0.0185. The quantitative estimate of drug-likeness (QED) is 0.433. The predicted octanol–water partition coefficient (Wildman–Crippen LogP) is 5.37. The number of amides is 1. The summed E-state index contributed by atoms with van der Waals surface area (Å²) in [7, 11) is 0. The molecule has 1 amide bonds. The lowest BCUT2D eigenvalue weighted by Crippen LogP contribution is -2.32. The third-order valence-electron chi connectivity index (χ3n) is 5.40. The Balaban J connectivity index is 1.46. The van der Waals surface area contributed by atoms with Crippen molar-refractivity contribution in [2.75, 3.05) is 29.1 Å². The molecule has 1 N–H and O–H groups in total. The van der Waals surface area contributed by atoms with E-state index < -0.39 is 35.1 Å². The van der Waals surface area contributed by atoms with Crippen molar-refractivity contribution in [2.24, 2.45) is 0 Å². The maximum atomic E-state index is 13.0. The number of anilines is 2. The van der Waals surface area contributed by atoms with E-state index in [1.807, 2.05) is 4.57 Å². The first-order chi connectivity index (χ1) is 15.5. The van der Waals surface area contributed by atoms with E-state index in [2.05, 4.69) is 20.4 Å². The van der Waals surface area contributed by atoms with Gasteiger partial charge in [0.1, 0.15) is 0 Å². The molecule has 2 aliphatic rings. The molecule has 0 bridgehead atoms. The third-order valence-corrected chi connectivity index (χ3v) is 6.34. The van der Waals surface area contributed by atoms with E-state index in [-0.39, 0.29) is 17.9 Å². The molecule has 2 heterocycles. The average molecular weight is 493 g/mol. The molecule has 2 fully saturated rings. The Morgan fingerprint density at radius 1 is 0.970 bits per heavy atom. The van der Waals surface area contributed by atoms with Crippen LogP contribution in [0.15, 0.2) is 23.4 Å². The molecule has 1 aromatic heterocycles. The molecule has 4 rings (SSSR count). The summed E-state index contributed by atoms with van der Waals surface area (Å²) in [6.07, 6.45) is -4.78. The number of halogens is 6. The molecular formula is C20H21F6N5OS. The van der Waals surface area contributed by atoms with Crippen LogP contribution in [0.5, 0.6) is 0 Å². The second-order valence-corrected chi connectivity index (χ2v) is 9.01. The van der Waals surface area contributed by atoms with Crippen molar-refractivity contribution >= 4 is 29.3 Å². The number of aromatic nitrogens is 3. The largest absolute Gasteiger partial charge is 0.416 e. The molecule has 1 aliphatic carbocycles. The van der Waals surface area contributed by atoms with Crippen molar-refractivity contribution in [2.45, 2.75) is 55.7 Å². The average Bonchev–Trinajstić information content (AvgIpc) is 3.50. The number of carbonyl (C=O) groups is 1. The maximum Gasteiger partial charge on any atom is 0.416 e. The third kappa shape index (κ3) is 5.74. The molecule has 1 aliphatic heterocycles. The molecule has 0 atom stereocenters. The number of nitrogens with zero attached hydrogens (tertiary/aromatic N) is 4. The molecule has 1 saturated carbocycles. The van der Waals surface area contributed by atoms with Crippen molar-refractivity contribution in [3.8, 4) is 0 Å². The first kappa shape index (κ1) is 23.7. The summed E-state index contributed by atoms with van der Waals surface area (Å²) in [5, 5.41) is 11.1. The second-order valence-electron chi connectivity index (χ2n) is 8.06. The van der Waals surface area contributed by atoms with Gasteiger partial charge in [0.2, 0.25) is 11.9 Å². The van der Waals surface area contributed by atoms with Crippen LogP contribution in [-0.2, 0) is 17.1 Å². The highest BCUT2D eigenvalue weighted by Crippen LogP contribution is 2.41. The number of thioether (sulfide) groups is 1. The zero-order valence-electron chi connectivity index (χ0n) is 17.3. The predicted molar refractivity (Wildman–Crippen MR) is 110 cm³/mol. The number of nitrogens with one attached hydrogen (secondary N) is 1. The molecule has 1 aromatic carbocycles. The van der Waals surface area contributed by atoms with Gasteiger partial charge in [0.15, 0.2) is 5.16 Å². The molecule has 1 saturated heterocycles. The SMILES string of the molecule is O=C(CSc1nnc(N2CCCCC2)n1C1CC1)Nc1cc(C(F)(F)F)cc(C(F)(F)F)c1. The van der Waals surface area contributed by atoms with Crippen LogP contribution in [0.3, 0.4) is 0 Å². The summed E-state index contributed by atoms with van der Waals surface area (Å²) >= 11 is 1.05. The van der Waals surface area contributed by atoms with Gasteiger partial charge in [-0.25, -0.2) is 0 Å². The van der Waals surface area contributed by atoms with Crippen molar-refractivity contribution in [1.82, 2.24) is 14.8 Å². The lowest BCUT2D eigenvalue weighted by molar-refractivity contribution is -0.143. The Morgan fingerprint density at radius 2 is 1.58 bits per heavy atom. The van der Waals surface area contributed by atoms with Crippen molar-refractivity contribution in [3.63, 3.8) is 0 Å². The van der Waals surface area contributed by atoms with Gasteiger partial charge in [-0.3, -0.25) is 9.36 Å². The maximum absolute atomic E-state index is 13.0. The van der Waals surface area contributed by atoms with E-state index >= 15 is 0 Å². The van der Waals surface area contributed by atoms with Crippen LogP contribution in [0.4, 0.5) is 38.0 Å². The van der Waals surface area contributed by atoms with Crippen LogP contribution in [0, 0.1) is 0 Å². The van der Waals surface area contributed by atoms with E-state index in [4.69, 9.17) is 0 Å². The second kappa shape index (κ2) is 9.07. The van der Waals surface area contributed by atoms with Crippen LogP contribution < -0.4 is 10.2 Å². The van der Waals surface area contributed by atoms with E-state index in [0.29, 0.717) is 17.3 Å². The van der Waals surface area contributed by atoms with E-state index in [9.17, 15) is 31.1 Å². The normalized spacial score (nSPS) is 17.3. The van der Waals surface area contributed by atoms with Gasteiger partial charge in [0.25, 0.3) is 0 Å². The summed E-state index contributed by atoms with van der Waals surface area (Å²) in [6.45, 7) is 1.74. The molecule has 180 valence electrons. The van der Waals surface area contributed by atoms with Crippen molar-refractivity contribution < 1.29 is 31.1 Å². The fourth-order valence-corrected chi connectivity index (χ4v) is 4.48. The van der Waals surface area contributed by atoms with Crippen LogP contribution >= 0.6 is 11.8 Å².